The molecule has 2 heteroatoms. The standard InChI is InChI=1S/C19H23NO/c1-4-20-19(15-10-13(2)9-14(3)11-15)17-12-21-18-8-6-5-7-16(17)18/h5-11,17,19-20H,4,12H2,1-3H3. The van der Waals surface area contributed by atoms with Crippen LogP contribution in [-0.2, 0) is 0 Å². The zero-order valence-corrected chi connectivity index (χ0v) is 13.0. The van der Waals surface area contributed by atoms with Crippen molar-refractivity contribution in [3.8, 4) is 5.75 Å². The molecule has 1 aliphatic rings. The SMILES string of the molecule is CCNC(c1cc(C)cc(C)c1)C1COc2ccccc21. The van der Waals surface area contributed by atoms with Crippen LogP contribution in [0.3, 0.4) is 0 Å². The molecule has 3 rings (SSSR count). The van der Waals surface area contributed by atoms with Crippen molar-refractivity contribution in [1.82, 2.24) is 5.32 Å². The Labute approximate surface area is 127 Å². The molecule has 0 fully saturated rings. The number of rotatable bonds is 4. The van der Waals surface area contributed by atoms with Crippen LogP contribution in [0.25, 0.3) is 0 Å². The molecule has 0 saturated heterocycles. The molecule has 1 N–H and O–H groups in total. The van der Waals surface area contributed by atoms with Gasteiger partial charge >= 0.3 is 0 Å². The fourth-order valence-corrected chi connectivity index (χ4v) is 3.37. The summed E-state index contributed by atoms with van der Waals surface area (Å²) >= 11 is 0. The summed E-state index contributed by atoms with van der Waals surface area (Å²) in [6, 6.07) is 15.5. The molecular formula is C19H23NO. The Balaban J connectivity index is 1.99. The number of hydrogen-bond donors (Lipinski definition) is 1. The molecule has 0 aliphatic carbocycles. The van der Waals surface area contributed by atoms with Crippen LogP contribution in [0.5, 0.6) is 5.75 Å². The average Bonchev–Trinajstić information content (AvgIpc) is 2.87. The van der Waals surface area contributed by atoms with Gasteiger partial charge in [0.2, 0.25) is 0 Å². The van der Waals surface area contributed by atoms with Crippen LogP contribution >= 0.6 is 0 Å². The lowest BCUT2D eigenvalue weighted by atomic mass is 9.87. The largest absolute Gasteiger partial charge is 0.493 e. The van der Waals surface area contributed by atoms with E-state index in [0.29, 0.717) is 12.0 Å². The summed E-state index contributed by atoms with van der Waals surface area (Å²) in [6.07, 6.45) is 0. The van der Waals surface area contributed by atoms with Gasteiger partial charge in [-0.05, 0) is 32.0 Å². The first-order valence-corrected chi connectivity index (χ1v) is 7.72. The highest BCUT2D eigenvalue weighted by Gasteiger charge is 2.31. The molecule has 2 aromatic rings. The van der Waals surface area contributed by atoms with E-state index in [9.17, 15) is 0 Å². The minimum absolute atomic E-state index is 0.303. The van der Waals surface area contributed by atoms with Gasteiger partial charge in [-0.15, -0.1) is 0 Å². The number of likely N-dealkylation sites (N-methyl/N-ethyl adjacent to an activating group) is 1. The summed E-state index contributed by atoms with van der Waals surface area (Å²) in [5.74, 6) is 1.41. The topological polar surface area (TPSA) is 21.3 Å². The fraction of sp³-hybridized carbons (Fsp3) is 0.368. The predicted octanol–water partition coefficient (Wildman–Crippen LogP) is 4.13. The van der Waals surface area contributed by atoms with Gasteiger partial charge < -0.3 is 10.1 Å². The highest BCUT2D eigenvalue weighted by molar-refractivity contribution is 5.43. The lowest BCUT2D eigenvalue weighted by Gasteiger charge is -2.25. The van der Waals surface area contributed by atoms with E-state index in [1.165, 1.54) is 22.3 Å². The lowest BCUT2D eigenvalue weighted by molar-refractivity contribution is 0.301. The van der Waals surface area contributed by atoms with Gasteiger partial charge in [0, 0.05) is 17.5 Å². The van der Waals surface area contributed by atoms with E-state index in [0.717, 1.165) is 18.9 Å². The van der Waals surface area contributed by atoms with E-state index in [-0.39, 0.29) is 0 Å². The number of fused-ring (bicyclic) bond motifs is 1. The van der Waals surface area contributed by atoms with Crippen LogP contribution in [0, 0.1) is 13.8 Å². The molecule has 0 radical (unpaired) electrons. The van der Waals surface area contributed by atoms with Crippen LogP contribution in [0.1, 0.15) is 41.1 Å². The minimum Gasteiger partial charge on any atom is -0.493 e. The maximum Gasteiger partial charge on any atom is 0.122 e. The maximum atomic E-state index is 5.88. The number of aryl methyl sites for hydroxylation is 2. The molecule has 0 amide bonds. The van der Waals surface area contributed by atoms with Crippen molar-refractivity contribution in [1.29, 1.82) is 0 Å². The van der Waals surface area contributed by atoms with Crippen molar-refractivity contribution in [3.63, 3.8) is 0 Å². The fourth-order valence-electron chi connectivity index (χ4n) is 3.37. The summed E-state index contributed by atoms with van der Waals surface area (Å²) in [5, 5.41) is 3.66. The zero-order valence-electron chi connectivity index (χ0n) is 13.0. The van der Waals surface area contributed by atoms with Gasteiger partial charge in [0.15, 0.2) is 0 Å². The number of ether oxygens (including phenoxy) is 1. The van der Waals surface area contributed by atoms with Gasteiger partial charge in [-0.1, -0.05) is 54.4 Å². The molecule has 0 bridgehead atoms. The van der Waals surface area contributed by atoms with E-state index in [1.54, 1.807) is 0 Å². The van der Waals surface area contributed by atoms with Crippen molar-refractivity contribution < 1.29 is 4.74 Å². The summed E-state index contributed by atoms with van der Waals surface area (Å²) in [6.45, 7) is 8.20. The Bertz CT molecular complexity index is 615. The molecule has 0 aromatic heterocycles. The first kappa shape index (κ1) is 14.2. The first-order valence-electron chi connectivity index (χ1n) is 7.72. The smallest absolute Gasteiger partial charge is 0.122 e. The van der Waals surface area contributed by atoms with E-state index >= 15 is 0 Å². The van der Waals surface area contributed by atoms with Crippen molar-refractivity contribution in [3.05, 3.63) is 64.7 Å². The van der Waals surface area contributed by atoms with Crippen LogP contribution < -0.4 is 10.1 Å². The van der Waals surface area contributed by atoms with Crippen LogP contribution in [0.4, 0.5) is 0 Å². The van der Waals surface area contributed by atoms with Crippen LogP contribution in [0.15, 0.2) is 42.5 Å². The number of hydrogen-bond acceptors (Lipinski definition) is 2. The van der Waals surface area contributed by atoms with Gasteiger partial charge in [0.1, 0.15) is 5.75 Å². The van der Waals surface area contributed by atoms with Crippen molar-refractivity contribution >= 4 is 0 Å². The molecule has 2 unspecified atom stereocenters. The summed E-state index contributed by atoms with van der Waals surface area (Å²) in [4.78, 5) is 0. The molecule has 0 saturated carbocycles. The van der Waals surface area contributed by atoms with Gasteiger partial charge in [0.05, 0.1) is 6.61 Å². The third kappa shape index (κ3) is 2.81. The maximum absolute atomic E-state index is 5.88. The van der Waals surface area contributed by atoms with Gasteiger partial charge in [-0.25, -0.2) is 0 Å². The monoisotopic (exact) mass is 281 g/mol. The molecule has 2 atom stereocenters. The number of nitrogens with one attached hydrogen (secondary N) is 1. The zero-order chi connectivity index (χ0) is 14.8. The molecule has 1 aliphatic heterocycles. The molecule has 2 aromatic carbocycles. The predicted molar refractivity (Wildman–Crippen MR) is 87.0 cm³/mol. The van der Waals surface area contributed by atoms with Crippen LogP contribution in [-0.4, -0.2) is 13.2 Å². The van der Waals surface area contributed by atoms with E-state index in [4.69, 9.17) is 4.74 Å². The summed E-state index contributed by atoms with van der Waals surface area (Å²) in [5.41, 5.74) is 5.32. The Morgan fingerprint density at radius 3 is 2.57 bits per heavy atom. The second-order valence-electron chi connectivity index (χ2n) is 5.91. The number of benzene rings is 2. The molecule has 1 heterocycles. The highest BCUT2D eigenvalue weighted by atomic mass is 16.5. The second-order valence-corrected chi connectivity index (χ2v) is 5.91. The molecule has 21 heavy (non-hydrogen) atoms. The molecule has 2 nitrogen and oxygen atoms in total. The molecule has 0 spiro atoms. The quantitative estimate of drug-likeness (QED) is 0.910. The third-order valence-corrected chi connectivity index (χ3v) is 4.17. The van der Waals surface area contributed by atoms with E-state index < -0.39 is 0 Å². The first-order chi connectivity index (χ1) is 10.2. The normalized spacial score (nSPS) is 18.1. The van der Waals surface area contributed by atoms with Crippen LogP contribution in [0.2, 0.25) is 0 Å². The van der Waals surface area contributed by atoms with Gasteiger partial charge in [-0.2, -0.15) is 0 Å². The average molecular weight is 281 g/mol. The van der Waals surface area contributed by atoms with Crippen molar-refractivity contribution in [2.45, 2.75) is 32.7 Å². The second kappa shape index (κ2) is 5.90. The van der Waals surface area contributed by atoms with E-state index in [2.05, 4.69) is 62.5 Å². The molecule has 110 valence electrons. The van der Waals surface area contributed by atoms with Crippen molar-refractivity contribution in [2.24, 2.45) is 0 Å². The Morgan fingerprint density at radius 2 is 1.86 bits per heavy atom. The van der Waals surface area contributed by atoms with E-state index in [1.807, 2.05) is 6.07 Å². The van der Waals surface area contributed by atoms with Crippen molar-refractivity contribution in [2.75, 3.05) is 13.2 Å². The highest BCUT2D eigenvalue weighted by Crippen LogP contribution is 2.41. The lowest BCUT2D eigenvalue weighted by Crippen LogP contribution is -2.28. The summed E-state index contributed by atoms with van der Waals surface area (Å²) < 4.78 is 5.88. The Morgan fingerprint density at radius 1 is 1.14 bits per heavy atom. The molecular weight excluding hydrogens is 258 g/mol. The minimum atomic E-state index is 0.303. The third-order valence-electron chi connectivity index (χ3n) is 4.17. The summed E-state index contributed by atoms with van der Waals surface area (Å²) in [7, 11) is 0. The van der Waals surface area contributed by atoms with Gasteiger partial charge in [0.25, 0.3) is 0 Å². The Hall–Kier alpha value is -1.80. The number of para-hydroxylation sites is 1. The van der Waals surface area contributed by atoms with Gasteiger partial charge in [-0.3, -0.25) is 0 Å². The Kier molecular flexibility index (Phi) is 3.98.